The summed E-state index contributed by atoms with van der Waals surface area (Å²) in [6.07, 6.45) is 0. The molecular weight excluding hydrogens is 209 g/mol. The summed E-state index contributed by atoms with van der Waals surface area (Å²) in [6.45, 7) is 0. The van der Waals surface area contributed by atoms with E-state index < -0.39 is 17.8 Å². The quantitative estimate of drug-likeness (QED) is 0.767. The molecule has 0 saturated carbocycles. The van der Waals surface area contributed by atoms with Gasteiger partial charge in [0.1, 0.15) is 11.9 Å². The van der Waals surface area contributed by atoms with Crippen LogP contribution in [-0.4, -0.2) is 13.1 Å². The van der Waals surface area contributed by atoms with Gasteiger partial charge in [-0.2, -0.15) is 0 Å². The minimum Gasteiger partial charge on any atom is -0.468 e. The molecule has 0 amide bonds. The first-order valence-corrected chi connectivity index (χ1v) is 4.23. The number of methoxy groups -OCH3 is 1. The third-order valence-corrected chi connectivity index (χ3v) is 2.17. The summed E-state index contributed by atoms with van der Waals surface area (Å²) in [4.78, 5) is 11.0. The number of rotatable bonds is 2. The molecule has 0 aromatic heterocycles. The van der Waals surface area contributed by atoms with Gasteiger partial charge in [0, 0.05) is 5.56 Å². The van der Waals surface area contributed by atoms with Gasteiger partial charge in [-0.1, -0.05) is 23.7 Å². The van der Waals surface area contributed by atoms with E-state index in [4.69, 9.17) is 17.3 Å². The molecule has 14 heavy (non-hydrogen) atoms. The van der Waals surface area contributed by atoms with Gasteiger partial charge in [-0.15, -0.1) is 0 Å². The highest BCUT2D eigenvalue weighted by Gasteiger charge is 2.20. The number of carbonyl (C=O) groups excluding carboxylic acids is 1. The van der Waals surface area contributed by atoms with Crippen LogP contribution in [0.5, 0.6) is 0 Å². The van der Waals surface area contributed by atoms with Crippen LogP contribution in [0.4, 0.5) is 4.39 Å². The van der Waals surface area contributed by atoms with Crippen LogP contribution in [0.15, 0.2) is 18.2 Å². The van der Waals surface area contributed by atoms with Crippen LogP contribution in [0.3, 0.4) is 0 Å². The SMILES string of the molecule is COC(=O)[C@H](N)c1cccc(F)c1Cl. The second-order valence-corrected chi connectivity index (χ2v) is 3.02. The van der Waals surface area contributed by atoms with Crippen molar-refractivity contribution in [1.82, 2.24) is 0 Å². The standard InChI is InChI=1S/C9H9ClFNO2/c1-14-9(13)8(12)5-3-2-4-6(11)7(5)10/h2-4,8H,12H2,1H3/t8-/m1/s1. The molecule has 0 spiro atoms. The Morgan fingerprint density at radius 1 is 1.64 bits per heavy atom. The van der Waals surface area contributed by atoms with Gasteiger partial charge in [-0.05, 0) is 6.07 Å². The number of nitrogens with two attached hydrogens (primary N) is 1. The first-order valence-electron chi connectivity index (χ1n) is 3.85. The van der Waals surface area contributed by atoms with Crippen LogP contribution in [0.25, 0.3) is 0 Å². The molecule has 0 saturated heterocycles. The zero-order valence-electron chi connectivity index (χ0n) is 7.46. The third-order valence-electron chi connectivity index (χ3n) is 1.77. The molecule has 2 N–H and O–H groups in total. The maximum Gasteiger partial charge on any atom is 0.327 e. The van der Waals surface area contributed by atoms with Crippen molar-refractivity contribution < 1.29 is 13.9 Å². The minimum atomic E-state index is -1.05. The lowest BCUT2D eigenvalue weighted by molar-refractivity contribution is -0.142. The lowest BCUT2D eigenvalue weighted by Crippen LogP contribution is -2.23. The van der Waals surface area contributed by atoms with Crippen molar-refractivity contribution >= 4 is 17.6 Å². The van der Waals surface area contributed by atoms with Crippen molar-refractivity contribution in [3.63, 3.8) is 0 Å². The summed E-state index contributed by atoms with van der Waals surface area (Å²) >= 11 is 5.63. The fraction of sp³-hybridized carbons (Fsp3) is 0.222. The fourth-order valence-electron chi connectivity index (χ4n) is 1.01. The van der Waals surface area contributed by atoms with E-state index in [1.807, 2.05) is 0 Å². The minimum absolute atomic E-state index is 0.148. The van der Waals surface area contributed by atoms with E-state index in [2.05, 4.69) is 4.74 Å². The number of esters is 1. The number of carbonyl (C=O) groups is 1. The predicted octanol–water partition coefficient (Wildman–Crippen LogP) is 1.65. The maximum absolute atomic E-state index is 13.0. The molecule has 76 valence electrons. The largest absolute Gasteiger partial charge is 0.468 e. The summed E-state index contributed by atoms with van der Waals surface area (Å²) in [6, 6.07) is 3.05. The number of hydrogen-bond acceptors (Lipinski definition) is 3. The van der Waals surface area contributed by atoms with Gasteiger partial charge >= 0.3 is 5.97 Å². The highest BCUT2D eigenvalue weighted by molar-refractivity contribution is 6.31. The maximum atomic E-state index is 13.0. The number of benzene rings is 1. The Morgan fingerprint density at radius 3 is 2.86 bits per heavy atom. The normalized spacial score (nSPS) is 12.3. The molecule has 0 aliphatic heterocycles. The first-order chi connectivity index (χ1) is 6.57. The average molecular weight is 218 g/mol. The summed E-state index contributed by atoms with van der Waals surface area (Å²) in [7, 11) is 1.20. The van der Waals surface area contributed by atoms with Crippen molar-refractivity contribution in [2.45, 2.75) is 6.04 Å². The molecular formula is C9H9ClFNO2. The summed E-state index contributed by atoms with van der Waals surface area (Å²) in [5, 5.41) is -0.148. The molecule has 0 unspecified atom stereocenters. The van der Waals surface area contributed by atoms with Crippen molar-refractivity contribution in [1.29, 1.82) is 0 Å². The number of halogens is 2. The van der Waals surface area contributed by atoms with Crippen LogP contribution >= 0.6 is 11.6 Å². The summed E-state index contributed by atoms with van der Waals surface area (Å²) in [5.74, 6) is -1.26. The van der Waals surface area contributed by atoms with E-state index >= 15 is 0 Å². The van der Waals surface area contributed by atoms with Gasteiger partial charge < -0.3 is 10.5 Å². The topological polar surface area (TPSA) is 52.3 Å². The number of ether oxygens (including phenoxy) is 1. The Labute approximate surface area is 85.6 Å². The van der Waals surface area contributed by atoms with Gasteiger partial charge in [-0.25, -0.2) is 4.39 Å². The zero-order chi connectivity index (χ0) is 10.7. The summed E-state index contributed by atoms with van der Waals surface area (Å²) < 4.78 is 17.4. The second kappa shape index (κ2) is 4.39. The van der Waals surface area contributed by atoms with Gasteiger partial charge in [0.05, 0.1) is 12.1 Å². The van der Waals surface area contributed by atoms with Crippen LogP contribution in [-0.2, 0) is 9.53 Å². The van der Waals surface area contributed by atoms with Gasteiger partial charge in [0.25, 0.3) is 0 Å². The van der Waals surface area contributed by atoms with Crippen LogP contribution in [0.2, 0.25) is 5.02 Å². The molecule has 0 radical (unpaired) electrons. The smallest absolute Gasteiger partial charge is 0.327 e. The van der Waals surface area contributed by atoms with E-state index in [-0.39, 0.29) is 10.6 Å². The molecule has 0 bridgehead atoms. The van der Waals surface area contributed by atoms with E-state index in [9.17, 15) is 9.18 Å². The van der Waals surface area contributed by atoms with E-state index in [0.29, 0.717) is 0 Å². The van der Waals surface area contributed by atoms with E-state index in [1.165, 1.54) is 25.3 Å². The summed E-state index contributed by atoms with van der Waals surface area (Å²) in [5.41, 5.74) is 5.71. The molecule has 1 aromatic carbocycles. The predicted molar refractivity (Wildman–Crippen MR) is 50.4 cm³/mol. The Hall–Kier alpha value is -1.13. The van der Waals surface area contributed by atoms with Crippen molar-refractivity contribution in [2.24, 2.45) is 5.73 Å². The average Bonchev–Trinajstić information content (AvgIpc) is 2.20. The Bertz CT molecular complexity index is 357. The Morgan fingerprint density at radius 2 is 2.29 bits per heavy atom. The first kappa shape index (κ1) is 10.9. The van der Waals surface area contributed by atoms with E-state index in [0.717, 1.165) is 0 Å². The van der Waals surface area contributed by atoms with Crippen LogP contribution < -0.4 is 5.73 Å². The van der Waals surface area contributed by atoms with E-state index in [1.54, 1.807) is 0 Å². The fourth-order valence-corrected chi connectivity index (χ4v) is 1.26. The molecule has 3 nitrogen and oxygen atoms in total. The Kier molecular flexibility index (Phi) is 3.43. The van der Waals surface area contributed by atoms with Crippen LogP contribution in [0.1, 0.15) is 11.6 Å². The highest BCUT2D eigenvalue weighted by atomic mass is 35.5. The zero-order valence-corrected chi connectivity index (χ0v) is 8.22. The molecule has 0 aliphatic carbocycles. The van der Waals surface area contributed by atoms with Gasteiger partial charge in [-0.3, -0.25) is 4.79 Å². The van der Waals surface area contributed by atoms with Gasteiger partial charge in [0.15, 0.2) is 0 Å². The van der Waals surface area contributed by atoms with Gasteiger partial charge in [0.2, 0.25) is 0 Å². The molecule has 5 heteroatoms. The molecule has 0 fully saturated rings. The van der Waals surface area contributed by atoms with Crippen molar-refractivity contribution in [2.75, 3.05) is 7.11 Å². The number of hydrogen-bond donors (Lipinski definition) is 1. The van der Waals surface area contributed by atoms with Crippen LogP contribution in [0, 0.1) is 5.82 Å². The van der Waals surface area contributed by atoms with Crippen molar-refractivity contribution in [3.05, 3.63) is 34.6 Å². The second-order valence-electron chi connectivity index (χ2n) is 2.64. The monoisotopic (exact) mass is 217 g/mol. The lowest BCUT2D eigenvalue weighted by atomic mass is 10.1. The molecule has 0 aliphatic rings. The lowest BCUT2D eigenvalue weighted by Gasteiger charge is -2.11. The molecule has 1 atom stereocenters. The highest BCUT2D eigenvalue weighted by Crippen LogP contribution is 2.24. The van der Waals surface area contributed by atoms with Crippen molar-refractivity contribution in [3.8, 4) is 0 Å². The third kappa shape index (κ3) is 2.02. The molecule has 1 rings (SSSR count). The molecule has 1 aromatic rings. The molecule has 0 heterocycles. The Balaban J connectivity index is 3.07.